The summed E-state index contributed by atoms with van der Waals surface area (Å²) in [6.45, 7) is 0.506. The average molecular weight is 319 g/mol. The zero-order valence-corrected chi connectivity index (χ0v) is 12.9. The number of benzene rings is 1. The van der Waals surface area contributed by atoms with Crippen LogP contribution in [0.3, 0.4) is 0 Å². The van der Waals surface area contributed by atoms with E-state index in [0.29, 0.717) is 18.7 Å². The molecule has 2 heterocycles. The Hall–Kier alpha value is -2.77. The molecule has 8 nitrogen and oxygen atoms in total. The zero-order chi connectivity index (χ0) is 16.6. The third kappa shape index (κ3) is 2.79. The van der Waals surface area contributed by atoms with E-state index in [0.717, 1.165) is 11.3 Å². The smallest absolute Gasteiger partial charge is 0.414 e. The second-order valence-corrected chi connectivity index (χ2v) is 5.43. The molecule has 1 saturated heterocycles. The number of carbonyl (C=O) groups is 3. The molecule has 3 rings (SSSR count). The highest BCUT2D eigenvalue weighted by Crippen LogP contribution is 2.32. The quantitative estimate of drug-likeness (QED) is 0.894. The molecule has 0 bridgehead atoms. The van der Waals surface area contributed by atoms with Crippen LogP contribution in [-0.2, 0) is 20.7 Å². The van der Waals surface area contributed by atoms with E-state index >= 15 is 0 Å². The second kappa shape index (κ2) is 5.79. The Morgan fingerprint density at radius 1 is 1.43 bits per heavy atom. The first-order valence-electron chi connectivity index (χ1n) is 7.19. The Kier molecular flexibility index (Phi) is 3.81. The SMILES string of the molecule is COC(=O)NCC1CN(c2ccc3c(c2)CC(=O)N3C)C(=O)O1. The van der Waals surface area contributed by atoms with Crippen molar-refractivity contribution in [1.82, 2.24) is 5.32 Å². The maximum atomic E-state index is 12.0. The summed E-state index contributed by atoms with van der Waals surface area (Å²) >= 11 is 0. The van der Waals surface area contributed by atoms with E-state index in [9.17, 15) is 14.4 Å². The molecule has 1 N–H and O–H groups in total. The maximum absolute atomic E-state index is 12.0. The highest BCUT2D eigenvalue weighted by molar-refractivity contribution is 6.02. The number of cyclic esters (lactones) is 1. The van der Waals surface area contributed by atoms with Crippen LogP contribution in [0.2, 0.25) is 0 Å². The molecule has 8 heteroatoms. The first-order valence-corrected chi connectivity index (χ1v) is 7.19. The predicted octanol–water partition coefficient (Wildman–Crippen LogP) is 0.887. The van der Waals surface area contributed by atoms with Crippen molar-refractivity contribution >= 4 is 29.5 Å². The van der Waals surface area contributed by atoms with E-state index in [-0.39, 0.29) is 12.5 Å². The van der Waals surface area contributed by atoms with Gasteiger partial charge in [-0.2, -0.15) is 0 Å². The van der Waals surface area contributed by atoms with Crippen molar-refractivity contribution in [2.75, 3.05) is 37.0 Å². The van der Waals surface area contributed by atoms with Crippen LogP contribution in [0.5, 0.6) is 0 Å². The summed E-state index contributed by atoms with van der Waals surface area (Å²) < 4.78 is 9.70. The lowest BCUT2D eigenvalue weighted by Gasteiger charge is -2.15. The highest BCUT2D eigenvalue weighted by Gasteiger charge is 2.34. The van der Waals surface area contributed by atoms with Crippen molar-refractivity contribution < 1.29 is 23.9 Å². The number of hydrogen-bond acceptors (Lipinski definition) is 5. The van der Waals surface area contributed by atoms with Crippen LogP contribution < -0.4 is 15.1 Å². The lowest BCUT2D eigenvalue weighted by atomic mass is 10.1. The first kappa shape index (κ1) is 15.1. The van der Waals surface area contributed by atoms with Crippen molar-refractivity contribution in [3.8, 4) is 0 Å². The van der Waals surface area contributed by atoms with E-state index in [1.54, 1.807) is 18.0 Å². The monoisotopic (exact) mass is 319 g/mol. The van der Waals surface area contributed by atoms with Crippen molar-refractivity contribution in [1.29, 1.82) is 0 Å². The van der Waals surface area contributed by atoms with Gasteiger partial charge in [0.1, 0.15) is 6.10 Å². The van der Waals surface area contributed by atoms with Gasteiger partial charge in [-0.05, 0) is 23.8 Å². The fraction of sp³-hybridized carbons (Fsp3) is 0.400. The molecule has 0 radical (unpaired) electrons. The second-order valence-electron chi connectivity index (χ2n) is 5.43. The topological polar surface area (TPSA) is 88.2 Å². The molecule has 2 aliphatic heterocycles. The van der Waals surface area contributed by atoms with Crippen LogP contribution in [0.1, 0.15) is 5.56 Å². The predicted molar refractivity (Wildman–Crippen MR) is 81.6 cm³/mol. The molecule has 0 aromatic heterocycles. The van der Waals surface area contributed by atoms with E-state index in [1.165, 1.54) is 12.0 Å². The summed E-state index contributed by atoms with van der Waals surface area (Å²) in [7, 11) is 3.00. The van der Waals surface area contributed by atoms with Crippen molar-refractivity contribution in [3.05, 3.63) is 23.8 Å². The fourth-order valence-corrected chi connectivity index (χ4v) is 2.73. The number of anilines is 2. The van der Waals surface area contributed by atoms with Crippen LogP contribution in [-0.4, -0.2) is 51.4 Å². The molecular weight excluding hydrogens is 302 g/mol. The number of rotatable bonds is 3. The minimum Gasteiger partial charge on any atom is -0.453 e. The van der Waals surface area contributed by atoms with Gasteiger partial charge in [0.15, 0.2) is 0 Å². The third-order valence-electron chi connectivity index (χ3n) is 3.99. The normalized spacial score (nSPS) is 19.7. The van der Waals surface area contributed by atoms with Gasteiger partial charge in [0, 0.05) is 18.4 Å². The largest absolute Gasteiger partial charge is 0.453 e. The average Bonchev–Trinajstić information content (AvgIpc) is 3.05. The van der Waals surface area contributed by atoms with Crippen molar-refractivity contribution in [2.24, 2.45) is 0 Å². The molecule has 0 spiro atoms. The lowest BCUT2D eigenvalue weighted by Crippen LogP contribution is -2.34. The molecule has 0 aliphatic carbocycles. The van der Waals surface area contributed by atoms with Crippen LogP contribution >= 0.6 is 0 Å². The van der Waals surface area contributed by atoms with Gasteiger partial charge in [-0.3, -0.25) is 9.69 Å². The number of carbonyl (C=O) groups excluding carboxylic acids is 3. The number of amides is 3. The van der Waals surface area contributed by atoms with E-state index in [2.05, 4.69) is 10.1 Å². The number of hydrogen-bond donors (Lipinski definition) is 1. The Morgan fingerprint density at radius 2 is 2.22 bits per heavy atom. The molecule has 0 saturated carbocycles. The summed E-state index contributed by atoms with van der Waals surface area (Å²) in [5.41, 5.74) is 2.42. The molecule has 3 amide bonds. The van der Waals surface area contributed by atoms with Gasteiger partial charge in [0.2, 0.25) is 5.91 Å². The van der Waals surface area contributed by atoms with Gasteiger partial charge >= 0.3 is 12.2 Å². The van der Waals surface area contributed by atoms with Crippen LogP contribution in [0, 0.1) is 0 Å². The fourth-order valence-electron chi connectivity index (χ4n) is 2.73. The van der Waals surface area contributed by atoms with Crippen LogP contribution in [0.25, 0.3) is 0 Å². The Balaban J connectivity index is 1.71. The van der Waals surface area contributed by atoms with E-state index in [4.69, 9.17) is 4.74 Å². The molecule has 1 atom stereocenters. The number of nitrogens with zero attached hydrogens (tertiary/aromatic N) is 2. The van der Waals surface area contributed by atoms with E-state index < -0.39 is 18.3 Å². The molecule has 2 aliphatic rings. The number of ether oxygens (including phenoxy) is 2. The molecule has 1 aromatic carbocycles. The van der Waals surface area contributed by atoms with Gasteiger partial charge in [-0.25, -0.2) is 9.59 Å². The number of methoxy groups -OCH3 is 1. The Labute approximate surface area is 132 Å². The summed E-state index contributed by atoms with van der Waals surface area (Å²) in [6, 6.07) is 5.43. The zero-order valence-electron chi connectivity index (χ0n) is 12.9. The standard InChI is InChI=1S/C15H17N3O5/c1-17-12-4-3-10(5-9(12)6-13(17)19)18-8-11(23-15(18)21)7-16-14(20)22-2/h3-5,11H,6-8H2,1-2H3,(H,16,20). The van der Waals surface area contributed by atoms with Crippen molar-refractivity contribution in [3.63, 3.8) is 0 Å². The minimum atomic E-state index is -0.571. The number of likely N-dealkylation sites (N-methyl/N-ethyl adjacent to an activating group) is 1. The number of alkyl carbamates (subject to hydrolysis) is 1. The van der Waals surface area contributed by atoms with Crippen LogP contribution in [0.4, 0.5) is 21.0 Å². The molecule has 1 aromatic rings. The lowest BCUT2D eigenvalue weighted by molar-refractivity contribution is -0.117. The molecular formula is C15H17N3O5. The Morgan fingerprint density at radius 3 is 2.96 bits per heavy atom. The van der Waals surface area contributed by atoms with Gasteiger partial charge in [0.05, 0.1) is 26.6 Å². The molecule has 23 heavy (non-hydrogen) atoms. The summed E-state index contributed by atoms with van der Waals surface area (Å²) in [5.74, 6) is 0.0290. The first-order chi connectivity index (χ1) is 11.0. The van der Waals surface area contributed by atoms with Gasteiger partial charge in [-0.1, -0.05) is 0 Å². The highest BCUT2D eigenvalue weighted by atomic mass is 16.6. The maximum Gasteiger partial charge on any atom is 0.414 e. The van der Waals surface area contributed by atoms with Crippen LogP contribution in [0.15, 0.2) is 18.2 Å². The molecule has 1 unspecified atom stereocenters. The Bertz CT molecular complexity index is 675. The van der Waals surface area contributed by atoms with Gasteiger partial charge < -0.3 is 19.7 Å². The summed E-state index contributed by atoms with van der Waals surface area (Å²) in [6.07, 6.45) is -1.16. The van der Waals surface area contributed by atoms with Gasteiger partial charge in [-0.15, -0.1) is 0 Å². The number of nitrogens with one attached hydrogen (secondary N) is 1. The molecule has 122 valence electrons. The summed E-state index contributed by atoms with van der Waals surface area (Å²) in [5, 5.41) is 2.50. The van der Waals surface area contributed by atoms with Crippen molar-refractivity contribution in [2.45, 2.75) is 12.5 Å². The molecule has 1 fully saturated rings. The van der Waals surface area contributed by atoms with Gasteiger partial charge in [0.25, 0.3) is 0 Å². The minimum absolute atomic E-state index is 0.0290. The summed E-state index contributed by atoms with van der Waals surface area (Å²) in [4.78, 5) is 37.9. The third-order valence-corrected chi connectivity index (χ3v) is 3.99. The van der Waals surface area contributed by atoms with E-state index in [1.807, 2.05) is 12.1 Å². The number of fused-ring (bicyclic) bond motifs is 1.